The summed E-state index contributed by atoms with van der Waals surface area (Å²) in [6.07, 6.45) is 2.17. The summed E-state index contributed by atoms with van der Waals surface area (Å²) in [7, 11) is 0. The number of nitrogens with one attached hydrogen (secondary N) is 1. The first-order valence-corrected chi connectivity index (χ1v) is 7.96. The molecule has 0 bridgehead atoms. The molecular weight excluding hydrogens is 262 g/mol. The van der Waals surface area contributed by atoms with Gasteiger partial charge in [-0.15, -0.1) is 0 Å². The van der Waals surface area contributed by atoms with E-state index in [9.17, 15) is 4.79 Å². The van der Waals surface area contributed by atoms with E-state index in [0.717, 1.165) is 25.2 Å². The van der Waals surface area contributed by atoms with Crippen LogP contribution < -0.4 is 10.2 Å². The minimum atomic E-state index is 0.137. The van der Waals surface area contributed by atoms with Crippen LogP contribution in [0, 0.1) is 0 Å². The molecule has 0 aromatic heterocycles. The topological polar surface area (TPSA) is 35.6 Å². The Hall–Kier alpha value is -1.55. The highest BCUT2D eigenvalue weighted by Gasteiger charge is 2.25. The van der Waals surface area contributed by atoms with Crippen molar-refractivity contribution in [2.75, 3.05) is 29.9 Å². The number of nitrogens with zero attached hydrogens (tertiary/aromatic N) is 2. The van der Waals surface area contributed by atoms with Gasteiger partial charge in [-0.05, 0) is 50.5 Å². The van der Waals surface area contributed by atoms with Crippen LogP contribution in [0.15, 0.2) is 18.2 Å². The largest absolute Gasteiger partial charge is 0.381 e. The maximum atomic E-state index is 11.6. The highest BCUT2D eigenvalue weighted by molar-refractivity contribution is 5.94. The molecule has 3 rings (SSSR count). The van der Waals surface area contributed by atoms with E-state index in [4.69, 9.17) is 0 Å². The van der Waals surface area contributed by atoms with Crippen molar-refractivity contribution < 1.29 is 4.79 Å². The van der Waals surface area contributed by atoms with Crippen molar-refractivity contribution in [2.24, 2.45) is 0 Å². The Kier molecular flexibility index (Phi) is 3.89. The molecule has 2 aliphatic heterocycles. The Morgan fingerprint density at radius 3 is 2.81 bits per heavy atom. The molecule has 2 heterocycles. The highest BCUT2D eigenvalue weighted by atomic mass is 16.2. The first-order valence-electron chi connectivity index (χ1n) is 7.96. The lowest BCUT2D eigenvalue weighted by molar-refractivity contribution is -0.116. The van der Waals surface area contributed by atoms with Crippen molar-refractivity contribution >= 4 is 17.3 Å². The van der Waals surface area contributed by atoms with Crippen molar-refractivity contribution in [3.05, 3.63) is 23.8 Å². The van der Waals surface area contributed by atoms with E-state index in [1.54, 1.807) is 6.92 Å². The average molecular weight is 287 g/mol. The van der Waals surface area contributed by atoms with E-state index >= 15 is 0 Å². The van der Waals surface area contributed by atoms with E-state index in [0.29, 0.717) is 12.1 Å². The molecule has 114 valence electrons. The van der Waals surface area contributed by atoms with Gasteiger partial charge in [0, 0.05) is 50.0 Å². The number of rotatable bonds is 3. The molecule has 1 aromatic rings. The molecule has 4 heteroatoms. The zero-order chi connectivity index (χ0) is 15.0. The molecule has 0 aliphatic carbocycles. The second-order valence-electron chi connectivity index (χ2n) is 6.48. The molecule has 1 amide bonds. The van der Waals surface area contributed by atoms with Crippen LogP contribution in [0.1, 0.15) is 32.8 Å². The summed E-state index contributed by atoms with van der Waals surface area (Å²) in [6, 6.07) is 7.58. The minimum Gasteiger partial charge on any atom is -0.381 e. The number of fused-ring (bicyclic) bond motifs is 1. The fraction of sp³-hybridized carbons (Fsp3) is 0.588. The molecule has 0 spiro atoms. The fourth-order valence-corrected chi connectivity index (χ4v) is 3.43. The molecule has 1 unspecified atom stereocenters. The number of hydrogen-bond donors (Lipinski definition) is 1. The summed E-state index contributed by atoms with van der Waals surface area (Å²) >= 11 is 0. The molecule has 0 radical (unpaired) electrons. The van der Waals surface area contributed by atoms with Gasteiger partial charge in [-0.1, -0.05) is 0 Å². The van der Waals surface area contributed by atoms with Gasteiger partial charge >= 0.3 is 0 Å². The van der Waals surface area contributed by atoms with Crippen molar-refractivity contribution in [1.82, 2.24) is 4.90 Å². The predicted molar refractivity (Wildman–Crippen MR) is 86.9 cm³/mol. The van der Waals surface area contributed by atoms with E-state index in [1.165, 1.54) is 24.2 Å². The van der Waals surface area contributed by atoms with E-state index < -0.39 is 0 Å². The summed E-state index contributed by atoms with van der Waals surface area (Å²) in [6.45, 7) is 9.27. The Morgan fingerprint density at radius 1 is 1.33 bits per heavy atom. The van der Waals surface area contributed by atoms with Gasteiger partial charge in [0.2, 0.25) is 5.91 Å². The third kappa shape index (κ3) is 2.91. The molecule has 0 saturated carbocycles. The van der Waals surface area contributed by atoms with E-state index in [2.05, 4.69) is 42.3 Å². The highest BCUT2D eigenvalue weighted by Crippen LogP contribution is 2.31. The number of carbonyl (C=O) groups is 1. The first kappa shape index (κ1) is 14.4. The third-order valence-corrected chi connectivity index (χ3v) is 4.68. The Morgan fingerprint density at radius 2 is 2.14 bits per heavy atom. The van der Waals surface area contributed by atoms with Gasteiger partial charge in [-0.2, -0.15) is 0 Å². The summed E-state index contributed by atoms with van der Waals surface area (Å²) < 4.78 is 0. The van der Waals surface area contributed by atoms with Crippen molar-refractivity contribution in [3.63, 3.8) is 0 Å². The van der Waals surface area contributed by atoms with Crippen molar-refractivity contribution in [2.45, 2.75) is 45.7 Å². The normalized spacial score (nSPS) is 21.9. The number of carbonyl (C=O) groups excluding carboxylic acids is 1. The molecule has 1 N–H and O–H groups in total. The monoisotopic (exact) mass is 287 g/mol. The summed E-state index contributed by atoms with van der Waals surface area (Å²) in [4.78, 5) is 16.0. The van der Waals surface area contributed by atoms with Crippen LogP contribution in [-0.4, -0.2) is 42.5 Å². The average Bonchev–Trinajstić information content (AvgIpc) is 3.04. The predicted octanol–water partition coefficient (Wildman–Crippen LogP) is 2.49. The summed E-state index contributed by atoms with van der Waals surface area (Å²) in [5, 5.41) is 3.65. The van der Waals surface area contributed by atoms with Gasteiger partial charge in [0.1, 0.15) is 0 Å². The Labute approximate surface area is 127 Å². The van der Waals surface area contributed by atoms with Crippen LogP contribution in [0.5, 0.6) is 0 Å². The van der Waals surface area contributed by atoms with Crippen LogP contribution in [0.4, 0.5) is 11.4 Å². The molecule has 2 aliphatic rings. The number of anilines is 2. The second-order valence-corrected chi connectivity index (χ2v) is 6.48. The van der Waals surface area contributed by atoms with Crippen molar-refractivity contribution in [3.8, 4) is 0 Å². The van der Waals surface area contributed by atoms with Gasteiger partial charge in [-0.25, -0.2) is 0 Å². The number of likely N-dealkylation sites (tertiary alicyclic amines) is 1. The Bertz CT molecular complexity index is 541. The standard InChI is InChI=1S/C17H25N3O/c1-12(2)19-8-7-16(11-19)18-15-4-5-17-14(10-15)6-9-20(17)13(3)21/h4-5,10,12,16,18H,6-9,11H2,1-3H3. The Balaban J connectivity index is 1.67. The quantitative estimate of drug-likeness (QED) is 0.928. The van der Waals surface area contributed by atoms with Crippen LogP contribution in [0.25, 0.3) is 0 Å². The van der Waals surface area contributed by atoms with Crippen LogP contribution in [-0.2, 0) is 11.2 Å². The molecular formula is C17H25N3O. The molecule has 21 heavy (non-hydrogen) atoms. The van der Waals surface area contributed by atoms with Gasteiger partial charge in [0.15, 0.2) is 0 Å². The van der Waals surface area contributed by atoms with E-state index in [1.807, 2.05) is 4.90 Å². The van der Waals surface area contributed by atoms with Gasteiger partial charge in [0.25, 0.3) is 0 Å². The smallest absolute Gasteiger partial charge is 0.223 e. The molecule has 1 saturated heterocycles. The van der Waals surface area contributed by atoms with Gasteiger partial charge in [-0.3, -0.25) is 9.69 Å². The van der Waals surface area contributed by atoms with Crippen molar-refractivity contribution in [1.29, 1.82) is 0 Å². The molecule has 4 nitrogen and oxygen atoms in total. The molecule has 1 aromatic carbocycles. The second kappa shape index (κ2) is 5.68. The van der Waals surface area contributed by atoms with Gasteiger partial charge < -0.3 is 10.2 Å². The fourth-order valence-electron chi connectivity index (χ4n) is 3.43. The summed E-state index contributed by atoms with van der Waals surface area (Å²) in [5.74, 6) is 0.137. The maximum Gasteiger partial charge on any atom is 0.223 e. The number of hydrogen-bond acceptors (Lipinski definition) is 3. The molecule has 1 fully saturated rings. The number of amides is 1. The van der Waals surface area contributed by atoms with Crippen LogP contribution in [0.3, 0.4) is 0 Å². The maximum absolute atomic E-state index is 11.6. The SMILES string of the molecule is CC(=O)N1CCc2cc(NC3CCN(C(C)C)C3)ccc21. The first-order chi connectivity index (χ1) is 10.0. The van der Waals surface area contributed by atoms with Gasteiger partial charge in [0.05, 0.1) is 0 Å². The van der Waals surface area contributed by atoms with Crippen LogP contribution in [0.2, 0.25) is 0 Å². The lowest BCUT2D eigenvalue weighted by atomic mass is 10.1. The number of benzene rings is 1. The molecule has 1 atom stereocenters. The van der Waals surface area contributed by atoms with Crippen LogP contribution >= 0.6 is 0 Å². The van der Waals surface area contributed by atoms with E-state index in [-0.39, 0.29) is 5.91 Å². The summed E-state index contributed by atoms with van der Waals surface area (Å²) in [5.41, 5.74) is 3.56. The third-order valence-electron chi connectivity index (χ3n) is 4.68. The zero-order valence-corrected chi connectivity index (χ0v) is 13.2. The lowest BCUT2D eigenvalue weighted by Crippen LogP contribution is -2.31. The minimum absolute atomic E-state index is 0.137. The zero-order valence-electron chi connectivity index (χ0n) is 13.2. The lowest BCUT2D eigenvalue weighted by Gasteiger charge is -2.21.